The van der Waals surface area contributed by atoms with Crippen LogP contribution >= 0.6 is 58.6 Å². The van der Waals surface area contributed by atoms with Gasteiger partial charge in [0.05, 0.1) is 36.4 Å². The first-order valence-electron chi connectivity index (χ1n) is 42.3. The summed E-state index contributed by atoms with van der Waals surface area (Å²) in [6, 6.07) is 71.0. The lowest BCUT2D eigenvalue weighted by Crippen LogP contribution is -2.45. The number of nitrogens with one attached hydrogen (secondary N) is 3. The van der Waals surface area contributed by atoms with Crippen LogP contribution in [0.3, 0.4) is 0 Å². The van der Waals surface area contributed by atoms with Gasteiger partial charge in [-0.3, -0.25) is 57.5 Å². The van der Waals surface area contributed by atoms with E-state index in [1.807, 2.05) is 167 Å². The zero-order valence-electron chi connectivity index (χ0n) is 76.6. The molecule has 0 heterocycles. The maximum absolute atomic E-state index is 13.2. The van der Waals surface area contributed by atoms with E-state index in [1.54, 1.807) is 150 Å². The fraction of sp³-hybridized carbons (Fsp3) is 0.423. The molecule has 0 unspecified atom stereocenters. The number of halogens is 1. The van der Waals surface area contributed by atoms with Crippen molar-refractivity contribution < 1.29 is 81.6 Å². The Hall–Kier alpha value is -10.2. The number of Topliss-reactive ketones (excluding diaryl/α,β-unsaturated/α-hetero) is 3. The first-order chi connectivity index (χ1) is 60.3. The predicted molar refractivity (Wildman–Crippen MR) is 538 cm³/mol. The van der Waals surface area contributed by atoms with Crippen LogP contribution < -0.4 is 27.4 Å². The summed E-state index contributed by atoms with van der Waals surface area (Å²) in [6.45, 7) is 32.9. The molecule has 8 N–H and O–H groups in total. The van der Waals surface area contributed by atoms with Crippen LogP contribution in [0.15, 0.2) is 243 Å². The number of carboxylic acids is 1. The topological polar surface area (TPSA) is 350 Å². The van der Waals surface area contributed by atoms with Gasteiger partial charge in [-0.2, -0.15) is 47.0 Å². The summed E-state index contributed by atoms with van der Waals surface area (Å²) >= 11 is 11.7. The van der Waals surface area contributed by atoms with E-state index >= 15 is 0 Å². The Morgan fingerprint density at radius 1 is 0.344 bits per heavy atom. The molecule has 22 nitrogen and oxygen atoms in total. The number of nitrogens with two attached hydrogens (primary N) is 2. The van der Waals surface area contributed by atoms with Gasteiger partial charge in [-0.05, 0) is 82.1 Å². The minimum Gasteiger partial charge on any atom is -0.480 e. The van der Waals surface area contributed by atoms with E-state index in [4.69, 9.17) is 47.1 Å². The number of carboxylic acid groups (broad SMARTS) is 1. The van der Waals surface area contributed by atoms with E-state index in [0.717, 1.165) is 22.3 Å². The van der Waals surface area contributed by atoms with Gasteiger partial charge in [0, 0.05) is 83.5 Å². The second-order valence-corrected chi connectivity index (χ2v) is 42.0. The van der Waals surface area contributed by atoms with Crippen molar-refractivity contribution in [3.8, 4) is 0 Å². The average molecular weight is 1900 g/mol. The van der Waals surface area contributed by atoms with Crippen molar-refractivity contribution in [2.75, 3.05) is 36.1 Å². The van der Waals surface area contributed by atoms with Crippen molar-refractivity contribution in [3.05, 3.63) is 287 Å². The molecule has 0 aliphatic carbocycles. The van der Waals surface area contributed by atoms with Crippen molar-refractivity contribution in [1.29, 1.82) is 0 Å². The number of benzene rings is 8. The van der Waals surface area contributed by atoms with Crippen LogP contribution in [0.1, 0.15) is 216 Å². The van der Waals surface area contributed by atoms with Crippen molar-refractivity contribution in [2.45, 2.75) is 216 Å². The second-order valence-electron chi connectivity index (χ2n) is 34.3. The Bertz CT molecular complexity index is 4640. The first kappa shape index (κ1) is 121. The van der Waals surface area contributed by atoms with Crippen LogP contribution in [0.4, 0.5) is 0 Å². The number of rotatable bonds is 39. The minimum absolute atomic E-state index is 0. The summed E-state index contributed by atoms with van der Waals surface area (Å²) in [5.41, 5.74) is 17.4. The van der Waals surface area contributed by atoms with Gasteiger partial charge in [0.15, 0.2) is 17.3 Å². The number of thioether (sulfide) groups is 4. The van der Waals surface area contributed by atoms with Crippen molar-refractivity contribution >= 4 is 129 Å². The number of esters is 4. The molecule has 0 aliphatic heterocycles. The van der Waals surface area contributed by atoms with Gasteiger partial charge >= 0.3 is 29.8 Å². The fourth-order valence-corrected chi connectivity index (χ4v) is 14.5. The highest BCUT2D eigenvalue weighted by molar-refractivity contribution is 8.01. The van der Waals surface area contributed by atoms with Crippen LogP contribution in [0.2, 0.25) is 0 Å². The van der Waals surface area contributed by atoms with Crippen molar-refractivity contribution in [3.63, 3.8) is 0 Å². The van der Waals surface area contributed by atoms with Crippen molar-refractivity contribution in [2.24, 2.45) is 41.1 Å². The van der Waals surface area contributed by atoms with E-state index in [1.165, 1.54) is 0 Å². The first-order valence-corrected chi connectivity index (χ1v) is 46.6. The molecule has 8 aromatic carbocycles. The molecule has 0 saturated heterocycles. The molecule has 0 bridgehead atoms. The summed E-state index contributed by atoms with van der Waals surface area (Å²) in [5, 5.41) is 15.6. The van der Waals surface area contributed by atoms with Gasteiger partial charge in [-0.25, -0.2) is 0 Å². The van der Waals surface area contributed by atoms with Gasteiger partial charge in [-0.15, -0.1) is 0 Å². The molecule has 716 valence electrons. The number of hydrogen-bond donors (Lipinski definition) is 6. The minimum atomic E-state index is -1.05. The van der Waals surface area contributed by atoms with E-state index in [2.05, 4.69) is 99.0 Å². The summed E-state index contributed by atoms with van der Waals surface area (Å²) < 4.78 is 21.7. The SMILES string of the molecule is C.C.C.CC(C)(C)SC[C@H](CC(=O)CNC(=O)c1ccccc1)C(=O)OCc1ccccc1.CC(C)(C)SC[C@H](N)C(=O)OCc1ccccc1.CC(C)[C@H](N)C(=O)C[C@@H](CSC(C)(C)C)C(=O)OCc1ccccc1.CC(C)[C@H](NC(=O)c1ccccc1)C(=O)C[C@@H](CSC(C)(C)C)C(=O)OCc1ccccc1.O=C(Cl)c1ccccc1.O=C(O)CNC(=O)c1ccccc1. The van der Waals surface area contributed by atoms with Gasteiger partial charge in [0.25, 0.3) is 23.0 Å². The zero-order valence-corrected chi connectivity index (χ0v) is 80.6. The highest BCUT2D eigenvalue weighted by atomic mass is 35.5. The summed E-state index contributed by atoms with van der Waals surface area (Å²) in [4.78, 5) is 144. The number of hydrogen-bond acceptors (Lipinski definition) is 22. The molecule has 8 aromatic rings. The van der Waals surface area contributed by atoms with Crippen molar-refractivity contribution in [1.82, 2.24) is 16.0 Å². The van der Waals surface area contributed by atoms with Gasteiger partial charge in [-0.1, -0.05) is 339 Å². The molecular formula is C104H142ClN5O17S4. The lowest BCUT2D eigenvalue weighted by atomic mass is 9.93. The zero-order chi connectivity index (χ0) is 95.4. The van der Waals surface area contributed by atoms with Crippen LogP contribution in [-0.4, -0.2) is 148 Å². The molecule has 0 aromatic heterocycles. The normalized spacial score (nSPS) is 12.2. The molecule has 27 heteroatoms. The maximum Gasteiger partial charge on any atom is 0.324 e. The molecular weight excluding hydrogens is 1750 g/mol. The molecule has 6 atom stereocenters. The van der Waals surface area contributed by atoms with Crippen LogP contribution in [0.25, 0.3) is 0 Å². The number of ketones is 3. The highest BCUT2D eigenvalue weighted by Gasteiger charge is 2.34. The maximum atomic E-state index is 13.2. The molecule has 8 rings (SSSR count). The number of ether oxygens (including phenoxy) is 4. The average Bonchev–Trinajstić information content (AvgIpc) is 0.824. The number of carbonyl (C=O) groups excluding carboxylic acids is 11. The monoisotopic (exact) mass is 1900 g/mol. The Kier molecular flexibility index (Phi) is 59.6. The van der Waals surface area contributed by atoms with Gasteiger partial charge < -0.3 is 51.5 Å². The molecule has 3 amide bonds. The van der Waals surface area contributed by atoms with E-state index < -0.39 is 53.1 Å². The number of aliphatic carboxylic acids is 1. The molecule has 0 aliphatic rings. The predicted octanol–water partition coefficient (Wildman–Crippen LogP) is 20.4. The third-order valence-corrected chi connectivity index (χ3v) is 23.7. The fourth-order valence-electron chi connectivity index (χ4n) is 10.7. The largest absolute Gasteiger partial charge is 0.480 e. The molecule has 0 saturated carbocycles. The standard InChI is InChI=1S/C27H35NO4S.C24H29NO4S.C20H31NO3S.C14H21NO2S.C9H9NO3.C7H5ClO.3CH4/c1-19(2)24(28-25(30)21-14-10-7-11-15-21)23(29)16-22(18-33-27(3,4)5)26(31)32-17-20-12-8-6-9-13-20;1-24(2,3)30-17-20(23(28)29-16-18-10-6-4-7-11-18)14-21(26)15-25-22(27)19-12-8-5-9-13-19;1-14(2)18(21)17(22)11-16(13-25-20(3,4)5)19(23)24-12-15-9-7-6-8-10-15;1-14(2,3)18-10-12(15)13(16)17-9-11-7-5-4-6-8-11;11-8(12)6-10-9(13)7-4-2-1-3-5-7;8-7(9)6-4-2-1-3-5-6;;;/h6-15,19,22,24H,16-18H2,1-5H3,(H,28,30);4-13,20H,14-17H2,1-3H3,(H,25,27);6-10,14,16,18H,11-13,21H2,1-5H3;4-8,12H,9-10,15H2,1-3H3;1-5H,6H2,(H,10,13)(H,11,12);1-5H;3*1H4/t22-,24-;20-;16-,18-;12-;;;;;/m0000...../s1. The van der Waals surface area contributed by atoms with E-state index in [9.17, 15) is 57.5 Å². The molecule has 131 heavy (non-hydrogen) atoms. The van der Waals surface area contributed by atoms with Gasteiger partial charge in [0.2, 0.25) is 0 Å². The Morgan fingerprint density at radius 2 is 0.603 bits per heavy atom. The van der Waals surface area contributed by atoms with E-state index in [0.29, 0.717) is 45.3 Å². The highest BCUT2D eigenvalue weighted by Crippen LogP contribution is 2.32. The number of carbonyl (C=O) groups is 12. The lowest BCUT2D eigenvalue weighted by Gasteiger charge is -2.25. The molecule has 0 radical (unpaired) electrons. The van der Waals surface area contributed by atoms with Crippen LogP contribution in [0.5, 0.6) is 0 Å². The third-order valence-electron chi connectivity index (χ3n) is 17.8. The quantitative estimate of drug-likeness (QED) is 0.0118. The van der Waals surface area contributed by atoms with Crippen LogP contribution in [0, 0.1) is 29.6 Å². The van der Waals surface area contributed by atoms with E-state index in [-0.39, 0.29) is 165 Å². The smallest absolute Gasteiger partial charge is 0.324 e. The summed E-state index contributed by atoms with van der Waals surface area (Å²) in [6.07, 6.45) is 0.191. The summed E-state index contributed by atoms with van der Waals surface area (Å²) in [7, 11) is 0. The second kappa shape index (κ2) is 64.6. The Morgan fingerprint density at radius 3 is 0.878 bits per heavy atom. The lowest BCUT2D eigenvalue weighted by molar-refractivity contribution is -0.151. The third kappa shape index (κ3) is 56.3. The van der Waals surface area contributed by atoms with Gasteiger partial charge in [0.1, 0.15) is 39.0 Å². The molecule has 0 fully saturated rings. The number of amides is 3. The molecule has 0 spiro atoms. The van der Waals surface area contributed by atoms with Crippen LogP contribution in [-0.2, 0) is 83.7 Å². The summed E-state index contributed by atoms with van der Waals surface area (Å²) in [5.74, 6) is -3.49. The Balaban J connectivity index is 0.00000160. The Labute approximate surface area is 801 Å².